The van der Waals surface area contributed by atoms with Crippen molar-refractivity contribution in [2.75, 3.05) is 33.3 Å². The van der Waals surface area contributed by atoms with Gasteiger partial charge in [0.25, 0.3) is 0 Å². The predicted octanol–water partition coefficient (Wildman–Crippen LogP) is 5.14. The lowest BCUT2D eigenvalue weighted by atomic mass is 10.1. The summed E-state index contributed by atoms with van der Waals surface area (Å²) in [6, 6.07) is 15.8. The summed E-state index contributed by atoms with van der Waals surface area (Å²) in [5.74, 6) is 1.08. The molecule has 0 bridgehead atoms. The van der Waals surface area contributed by atoms with E-state index in [0.29, 0.717) is 6.42 Å². The second kappa shape index (κ2) is 10.9. The molecule has 1 saturated heterocycles. The molecule has 0 unspecified atom stereocenters. The number of thiazole rings is 1. The SMILES string of the molecule is COc1ccc(CCC(=O)N2CCCN(Cc3csc(-c4ccc(Cl)cc4)n3)CC2)cc1. The Hall–Kier alpha value is -2.41. The lowest BCUT2D eigenvalue weighted by molar-refractivity contribution is -0.131. The van der Waals surface area contributed by atoms with Crippen LogP contribution >= 0.6 is 22.9 Å². The van der Waals surface area contributed by atoms with Gasteiger partial charge in [0.15, 0.2) is 0 Å². The highest BCUT2D eigenvalue weighted by molar-refractivity contribution is 7.13. The van der Waals surface area contributed by atoms with Gasteiger partial charge in [-0.05, 0) is 42.7 Å². The van der Waals surface area contributed by atoms with Crippen LogP contribution in [0, 0.1) is 0 Å². The molecule has 0 radical (unpaired) electrons. The summed E-state index contributed by atoms with van der Waals surface area (Å²) in [6.45, 7) is 4.27. The normalized spacial score (nSPS) is 14.9. The lowest BCUT2D eigenvalue weighted by Gasteiger charge is -2.21. The van der Waals surface area contributed by atoms with E-state index >= 15 is 0 Å². The van der Waals surface area contributed by atoms with Gasteiger partial charge in [0.1, 0.15) is 10.8 Å². The average Bonchev–Trinajstić information content (AvgIpc) is 3.15. The third-order valence-corrected chi connectivity index (χ3v) is 6.95. The third-order valence-electron chi connectivity index (χ3n) is 5.76. The Bertz CT molecular complexity index is 1020. The minimum Gasteiger partial charge on any atom is -0.497 e. The molecule has 0 saturated carbocycles. The Labute approximate surface area is 198 Å². The highest BCUT2D eigenvalue weighted by atomic mass is 35.5. The highest BCUT2D eigenvalue weighted by Crippen LogP contribution is 2.26. The van der Waals surface area contributed by atoms with Gasteiger partial charge in [-0.25, -0.2) is 4.98 Å². The number of rotatable bonds is 7. The number of hydrogen-bond donors (Lipinski definition) is 0. The van der Waals surface area contributed by atoms with E-state index in [2.05, 4.69) is 10.3 Å². The van der Waals surface area contributed by atoms with Gasteiger partial charge in [0.05, 0.1) is 12.8 Å². The maximum atomic E-state index is 12.8. The van der Waals surface area contributed by atoms with Gasteiger partial charge in [-0.15, -0.1) is 11.3 Å². The number of amides is 1. The van der Waals surface area contributed by atoms with Gasteiger partial charge in [-0.2, -0.15) is 0 Å². The van der Waals surface area contributed by atoms with Crippen molar-refractivity contribution >= 4 is 28.8 Å². The van der Waals surface area contributed by atoms with Crippen LogP contribution in [0.4, 0.5) is 0 Å². The first-order valence-corrected chi connectivity index (χ1v) is 12.2. The molecule has 2 heterocycles. The molecule has 1 fully saturated rings. The number of hydrogen-bond acceptors (Lipinski definition) is 5. The van der Waals surface area contributed by atoms with E-state index in [1.165, 1.54) is 0 Å². The zero-order valence-corrected chi connectivity index (χ0v) is 19.9. The summed E-state index contributed by atoms with van der Waals surface area (Å²) in [5.41, 5.74) is 3.34. The van der Waals surface area contributed by atoms with E-state index < -0.39 is 0 Å². The first-order chi connectivity index (χ1) is 15.6. The van der Waals surface area contributed by atoms with E-state index in [-0.39, 0.29) is 5.91 Å². The van der Waals surface area contributed by atoms with Gasteiger partial charge < -0.3 is 9.64 Å². The first-order valence-electron chi connectivity index (χ1n) is 10.9. The van der Waals surface area contributed by atoms with E-state index in [4.69, 9.17) is 21.3 Å². The number of aryl methyl sites for hydroxylation is 1. The number of benzene rings is 2. The minimum atomic E-state index is 0.237. The second-order valence-corrected chi connectivity index (χ2v) is 9.30. The maximum absolute atomic E-state index is 12.8. The molecule has 5 nitrogen and oxygen atoms in total. The molecular weight excluding hydrogens is 442 g/mol. The molecule has 0 N–H and O–H groups in total. The largest absolute Gasteiger partial charge is 0.497 e. The van der Waals surface area contributed by atoms with E-state index in [1.807, 2.05) is 53.4 Å². The molecule has 3 aromatic rings. The highest BCUT2D eigenvalue weighted by Gasteiger charge is 2.20. The first kappa shape index (κ1) is 22.8. The molecule has 0 atom stereocenters. The molecule has 0 spiro atoms. The average molecular weight is 470 g/mol. The number of halogens is 1. The van der Waals surface area contributed by atoms with Crippen LogP contribution in [-0.2, 0) is 17.8 Å². The van der Waals surface area contributed by atoms with Crippen LogP contribution < -0.4 is 4.74 Å². The summed E-state index contributed by atoms with van der Waals surface area (Å²) < 4.78 is 5.20. The van der Waals surface area contributed by atoms with Gasteiger partial charge in [-0.1, -0.05) is 35.9 Å². The predicted molar refractivity (Wildman–Crippen MR) is 130 cm³/mol. The number of carbonyl (C=O) groups excluding carboxylic acids is 1. The van der Waals surface area contributed by atoms with Crippen molar-refractivity contribution in [1.29, 1.82) is 0 Å². The molecule has 168 valence electrons. The van der Waals surface area contributed by atoms with Gasteiger partial charge in [0, 0.05) is 55.1 Å². The van der Waals surface area contributed by atoms with Gasteiger partial charge in [-0.3, -0.25) is 9.69 Å². The molecule has 7 heteroatoms. The molecule has 32 heavy (non-hydrogen) atoms. The fourth-order valence-electron chi connectivity index (χ4n) is 3.91. The summed E-state index contributed by atoms with van der Waals surface area (Å²) in [7, 11) is 1.66. The van der Waals surface area contributed by atoms with Crippen molar-refractivity contribution in [2.45, 2.75) is 25.8 Å². The topological polar surface area (TPSA) is 45.7 Å². The van der Waals surface area contributed by atoms with E-state index in [0.717, 1.165) is 78.2 Å². The molecule has 1 aliphatic rings. The van der Waals surface area contributed by atoms with Crippen molar-refractivity contribution < 1.29 is 9.53 Å². The third kappa shape index (κ3) is 6.09. The standard InChI is InChI=1S/C25H28ClN3O2S/c1-31-23-10-3-19(4-11-23)5-12-24(30)29-14-2-13-28(15-16-29)17-22-18-32-25(27-22)20-6-8-21(26)9-7-20/h3-4,6-11,18H,2,5,12-17H2,1H3. The Balaban J connectivity index is 1.26. The van der Waals surface area contributed by atoms with Crippen LogP contribution in [-0.4, -0.2) is 54.0 Å². The van der Waals surface area contributed by atoms with Crippen LogP contribution in [0.15, 0.2) is 53.9 Å². The molecule has 1 aromatic heterocycles. The van der Waals surface area contributed by atoms with Crippen LogP contribution in [0.1, 0.15) is 24.1 Å². The molecule has 1 aliphatic heterocycles. The Morgan fingerprint density at radius 3 is 2.59 bits per heavy atom. The summed E-state index contributed by atoms with van der Waals surface area (Å²) in [5, 5.41) is 3.88. The smallest absolute Gasteiger partial charge is 0.222 e. The Morgan fingerprint density at radius 1 is 1.06 bits per heavy atom. The van der Waals surface area contributed by atoms with Crippen molar-refractivity contribution in [1.82, 2.24) is 14.8 Å². The fraction of sp³-hybridized carbons (Fsp3) is 0.360. The van der Waals surface area contributed by atoms with Crippen molar-refractivity contribution in [3.63, 3.8) is 0 Å². The Kier molecular flexibility index (Phi) is 7.79. The van der Waals surface area contributed by atoms with Gasteiger partial charge in [0.2, 0.25) is 5.91 Å². The zero-order chi connectivity index (χ0) is 22.3. The zero-order valence-electron chi connectivity index (χ0n) is 18.3. The van der Waals surface area contributed by atoms with Crippen molar-refractivity contribution in [3.05, 3.63) is 70.2 Å². The number of carbonyl (C=O) groups is 1. The molecule has 4 rings (SSSR count). The number of nitrogens with zero attached hydrogens (tertiary/aromatic N) is 3. The van der Waals surface area contributed by atoms with Crippen LogP contribution in [0.5, 0.6) is 5.75 Å². The number of methoxy groups -OCH3 is 1. The molecule has 2 aromatic carbocycles. The van der Waals surface area contributed by atoms with Crippen molar-refractivity contribution in [3.8, 4) is 16.3 Å². The van der Waals surface area contributed by atoms with Gasteiger partial charge >= 0.3 is 0 Å². The van der Waals surface area contributed by atoms with Crippen LogP contribution in [0.3, 0.4) is 0 Å². The summed E-state index contributed by atoms with van der Waals surface area (Å²) >= 11 is 7.65. The molecular formula is C25H28ClN3O2S. The summed E-state index contributed by atoms with van der Waals surface area (Å²) in [4.78, 5) is 22.0. The maximum Gasteiger partial charge on any atom is 0.222 e. The lowest BCUT2D eigenvalue weighted by Crippen LogP contribution is -2.35. The summed E-state index contributed by atoms with van der Waals surface area (Å²) in [6.07, 6.45) is 2.29. The molecule has 1 amide bonds. The minimum absolute atomic E-state index is 0.237. The van der Waals surface area contributed by atoms with Crippen molar-refractivity contribution in [2.24, 2.45) is 0 Å². The van der Waals surface area contributed by atoms with Crippen LogP contribution in [0.25, 0.3) is 10.6 Å². The quantitative estimate of drug-likeness (QED) is 0.480. The Morgan fingerprint density at radius 2 is 1.84 bits per heavy atom. The number of aromatic nitrogens is 1. The fourth-order valence-corrected chi connectivity index (χ4v) is 4.86. The van der Waals surface area contributed by atoms with Crippen LogP contribution in [0.2, 0.25) is 5.02 Å². The molecule has 0 aliphatic carbocycles. The monoisotopic (exact) mass is 469 g/mol. The van der Waals surface area contributed by atoms with E-state index in [9.17, 15) is 4.79 Å². The second-order valence-electron chi connectivity index (χ2n) is 8.01. The van der Waals surface area contributed by atoms with E-state index in [1.54, 1.807) is 18.4 Å². The number of ether oxygens (including phenoxy) is 1.